The first-order valence-corrected chi connectivity index (χ1v) is 9.51. The second kappa shape index (κ2) is 7.76. The van der Waals surface area contributed by atoms with E-state index in [9.17, 15) is 8.42 Å². The fraction of sp³-hybridized carbons (Fsp3) is 1.00. The molecule has 0 amide bonds. The van der Waals surface area contributed by atoms with Gasteiger partial charge < -0.3 is 4.74 Å². The van der Waals surface area contributed by atoms with E-state index in [2.05, 4.69) is 20.8 Å². The zero-order valence-corrected chi connectivity index (χ0v) is 14.0. The van der Waals surface area contributed by atoms with E-state index >= 15 is 0 Å². The van der Waals surface area contributed by atoms with Gasteiger partial charge in [0.05, 0.1) is 11.9 Å². The molecule has 120 valence electrons. The van der Waals surface area contributed by atoms with E-state index in [0.717, 1.165) is 38.2 Å². The molecule has 1 aliphatic rings. The highest BCUT2D eigenvalue weighted by atomic mass is 32.2. The Balaban J connectivity index is 2.06. The first-order chi connectivity index (χ1) is 9.18. The quantitative estimate of drug-likeness (QED) is 0.701. The summed E-state index contributed by atoms with van der Waals surface area (Å²) in [4.78, 5) is 0. The minimum absolute atomic E-state index is 0.0994. The summed E-state index contributed by atoms with van der Waals surface area (Å²) >= 11 is 0. The van der Waals surface area contributed by atoms with Crippen LogP contribution < -0.4 is 5.14 Å². The van der Waals surface area contributed by atoms with Crippen LogP contribution >= 0.6 is 0 Å². The lowest BCUT2D eigenvalue weighted by Crippen LogP contribution is -2.32. The van der Waals surface area contributed by atoms with E-state index < -0.39 is 10.0 Å². The normalized spacial score (nSPS) is 26.6. The van der Waals surface area contributed by atoms with Crippen molar-refractivity contribution in [3.05, 3.63) is 0 Å². The number of ether oxygens (including phenoxy) is 1. The van der Waals surface area contributed by atoms with Crippen molar-refractivity contribution in [3.63, 3.8) is 0 Å². The van der Waals surface area contributed by atoms with Gasteiger partial charge >= 0.3 is 0 Å². The number of rotatable bonds is 8. The Hall–Kier alpha value is -0.130. The highest BCUT2D eigenvalue weighted by Crippen LogP contribution is 2.39. The van der Waals surface area contributed by atoms with Gasteiger partial charge in [-0.1, -0.05) is 33.6 Å². The standard InChI is InChI=1S/C15H31NO3S/c1-13-10-14(12-15(2,3)11-13)19-8-6-4-5-7-9-20(16,17)18/h13-14H,4-12H2,1-3H3,(H2,16,17,18). The Morgan fingerprint density at radius 3 is 2.40 bits per heavy atom. The third kappa shape index (κ3) is 8.22. The summed E-state index contributed by atoms with van der Waals surface area (Å²) in [6.07, 6.45) is 7.62. The summed E-state index contributed by atoms with van der Waals surface area (Å²) in [7, 11) is -3.28. The van der Waals surface area contributed by atoms with Crippen LogP contribution in [-0.2, 0) is 14.8 Å². The van der Waals surface area contributed by atoms with Crippen molar-refractivity contribution in [2.75, 3.05) is 12.4 Å². The minimum Gasteiger partial charge on any atom is -0.378 e. The highest BCUT2D eigenvalue weighted by Gasteiger charge is 2.32. The van der Waals surface area contributed by atoms with Gasteiger partial charge in [0.25, 0.3) is 0 Å². The van der Waals surface area contributed by atoms with E-state index in [-0.39, 0.29) is 5.75 Å². The molecule has 0 heterocycles. The van der Waals surface area contributed by atoms with Gasteiger partial charge in [0.2, 0.25) is 10.0 Å². The Kier molecular flexibility index (Phi) is 6.95. The Morgan fingerprint density at radius 2 is 1.80 bits per heavy atom. The molecule has 20 heavy (non-hydrogen) atoms. The van der Waals surface area contributed by atoms with Gasteiger partial charge in [-0.05, 0) is 43.4 Å². The van der Waals surface area contributed by atoms with Crippen LogP contribution in [0, 0.1) is 11.3 Å². The summed E-state index contributed by atoms with van der Waals surface area (Å²) in [5, 5.41) is 4.96. The van der Waals surface area contributed by atoms with Gasteiger partial charge in [-0.25, -0.2) is 13.6 Å². The summed E-state index contributed by atoms with van der Waals surface area (Å²) in [5.41, 5.74) is 0.401. The molecule has 5 heteroatoms. The Labute approximate surface area is 124 Å². The second-order valence-corrected chi connectivity index (χ2v) is 8.92. The van der Waals surface area contributed by atoms with Crippen molar-refractivity contribution in [2.45, 2.75) is 71.8 Å². The fourth-order valence-electron chi connectivity index (χ4n) is 3.39. The predicted octanol–water partition coefficient (Wildman–Crippen LogP) is 3.07. The molecule has 0 saturated heterocycles. The number of hydrogen-bond acceptors (Lipinski definition) is 3. The summed E-state index contributed by atoms with van der Waals surface area (Å²) in [6, 6.07) is 0. The van der Waals surface area contributed by atoms with Crippen molar-refractivity contribution >= 4 is 10.0 Å². The van der Waals surface area contributed by atoms with E-state index in [1.54, 1.807) is 0 Å². The molecule has 0 aromatic carbocycles. The summed E-state index contributed by atoms with van der Waals surface area (Å²) < 4.78 is 27.5. The van der Waals surface area contributed by atoms with Crippen LogP contribution in [0.5, 0.6) is 0 Å². The molecule has 1 saturated carbocycles. The highest BCUT2D eigenvalue weighted by molar-refractivity contribution is 7.89. The fourth-order valence-corrected chi connectivity index (χ4v) is 4.00. The van der Waals surface area contributed by atoms with Crippen LogP contribution in [0.4, 0.5) is 0 Å². The molecule has 0 aliphatic heterocycles. The third-order valence-electron chi connectivity index (χ3n) is 4.02. The summed E-state index contributed by atoms with van der Waals surface area (Å²) in [5.74, 6) is 0.848. The maximum atomic E-state index is 10.8. The molecular weight excluding hydrogens is 274 g/mol. The van der Waals surface area contributed by atoms with Crippen LogP contribution in [0.1, 0.15) is 65.7 Å². The van der Waals surface area contributed by atoms with Gasteiger partial charge in [0.1, 0.15) is 0 Å². The average Bonchev–Trinajstić information content (AvgIpc) is 2.23. The van der Waals surface area contributed by atoms with E-state index in [0.29, 0.717) is 17.9 Å². The van der Waals surface area contributed by atoms with Gasteiger partial charge in [0.15, 0.2) is 0 Å². The van der Waals surface area contributed by atoms with Crippen LogP contribution in [0.2, 0.25) is 0 Å². The SMILES string of the molecule is CC1CC(OCCCCCCS(N)(=O)=O)CC(C)(C)C1. The molecule has 0 aromatic rings. The van der Waals surface area contributed by atoms with E-state index in [4.69, 9.17) is 9.88 Å². The lowest BCUT2D eigenvalue weighted by atomic mass is 9.71. The lowest BCUT2D eigenvalue weighted by Gasteiger charge is -2.38. The molecule has 2 N–H and O–H groups in total. The van der Waals surface area contributed by atoms with Crippen LogP contribution in [0.3, 0.4) is 0 Å². The molecule has 1 aliphatic carbocycles. The molecule has 1 fully saturated rings. The molecule has 4 nitrogen and oxygen atoms in total. The average molecular weight is 305 g/mol. The van der Waals surface area contributed by atoms with Crippen molar-refractivity contribution in [1.82, 2.24) is 0 Å². The van der Waals surface area contributed by atoms with Crippen LogP contribution in [-0.4, -0.2) is 26.9 Å². The Morgan fingerprint density at radius 1 is 1.15 bits per heavy atom. The molecule has 2 unspecified atom stereocenters. The zero-order chi connectivity index (χ0) is 15.2. The van der Waals surface area contributed by atoms with Crippen LogP contribution in [0.15, 0.2) is 0 Å². The van der Waals surface area contributed by atoms with Crippen LogP contribution in [0.25, 0.3) is 0 Å². The lowest BCUT2D eigenvalue weighted by molar-refractivity contribution is -0.0240. The van der Waals surface area contributed by atoms with Crippen molar-refractivity contribution in [3.8, 4) is 0 Å². The molecule has 0 aromatic heterocycles. The maximum Gasteiger partial charge on any atom is 0.209 e. The minimum atomic E-state index is -3.28. The molecule has 1 rings (SSSR count). The largest absolute Gasteiger partial charge is 0.378 e. The van der Waals surface area contributed by atoms with Crippen molar-refractivity contribution in [2.24, 2.45) is 16.5 Å². The van der Waals surface area contributed by atoms with Gasteiger partial charge in [-0.2, -0.15) is 0 Å². The first kappa shape index (κ1) is 17.9. The monoisotopic (exact) mass is 305 g/mol. The van der Waals surface area contributed by atoms with E-state index in [1.165, 1.54) is 12.8 Å². The number of primary sulfonamides is 1. The van der Waals surface area contributed by atoms with Gasteiger partial charge in [0, 0.05) is 6.61 Å². The van der Waals surface area contributed by atoms with E-state index in [1.807, 2.05) is 0 Å². The molecular formula is C15H31NO3S. The summed E-state index contributed by atoms with van der Waals surface area (Å²) in [6.45, 7) is 7.76. The molecule has 0 bridgehead atoms. The van der Waals surface area contributed by atoms with Gasteiger partial charge in [-0.15, -0.1) is 0 Å². The zero-order valence-electron chi connectivity index (χ0n) is 13.2. The van der Waals surface area contributed by atoms with Crippen molar-refractivity contribution < 1.29 is 13.2 Å². The molecule has 2 atom stereocenters. The first-order valence-electron chi connectivity index (χ1n) is 7.80. The number of unbranched alkanes of at least 4 members (excludes halogenated alkanes) is 3. The molecule has 0 radical (unpaired) electrons. The number of nitrogens with two attached hydrogens (primary N) is 1. The maximum absolute atomic E-state index is 10.8. The number of hydrogen-bond donors (Lipinski definition) is 1. The van der Waals surface area contributed by atoms with Crippen molar-refractivity contribution in [1.29, 1.82) is 0 Å². The Bertz CT molecular complexity index is 379. The smallest absolute Gasteiger partial charge is 0.209 e. The third-order valence-corrected chi connectivity index (χ3v) is 4.88. The topological polar surface area (TPSA) is 69.4 Å². The van der Waals surface area contributed by atoms with Gasteiger partial charge in [-0.3, -0.25) is 0 Å². The second-order valence-electron chi connectivity index (χ2n) is 7.19. The molecule has 0 spiro atoms. The predicted molar refractivity (Wildman–Crippen MR) is 83.0 cm³/mol. The number of sulfonamides is 1.